The van der Waals surface area contributed by atoms with Crippen LogP contribution in [-0.4, -0.2) is 78.4 Å². The molecule has 16 heteroatoms. The van der Waals surface area contributed by atoms with Crippen molar-refractivity contribution < 1.29 is 46.6 Å². The number of hydrogen-bond acceptors (Lipinski definition) is 9. The van der Waals surface area contributed by atoms with E-state index in [2.05, 4.69) is 32.0 Å². The lowest BCUT2D eigenvalue weighted by molar-refractivity contribution is -0.286. The topological polar surface area (TPSA) is 172 Å². The number of nitrogens with zero attached hydrogens (tertiary/aromatic N) is 3. The van der Waals surface area contributed by atoms with Crippen molar-refractivity contribution in [1.29, 1.82) is 0 Å². The lowest BCUT2D eigenvalue weighted by atomic mass is 9.94. The summed E-state index contributed by atoms with van der Waals surface area (Å²) in [4.78, 5) is 71.0. The number of nitrogens with one attached hydrogen (secondary N) is 3. The number of pyridine rings is 1. The molecule has 2 aliphatic heterocycles. The van der Waals surface area contributed by atoms with Crippen LogP contribution in [0.1, 0.15) is 72.2 Å². The van der Waals surface area contributed by atoms with Gasteiger partial charge in [0, 0.05) is 56.2 Å². The van der Waals surface area contributed by atoms with Crippen LogP contribution in [-0.2, 0) is 31.0 Å². The van der Waals surface area contributed by atoms with Gasteiger partial charge < -0.3 is 34.7 Å². The minimum atomic E-state index is -3.75. The summed E-state index contributed by atoms with van der Waals surface area (Å²) in [6.45, 7) is 7.03. The normalized spacial score (nSPS) is 15.9. The number of carbonyl (C=O) groups is 5. The van der Waals surface area contributed by atoms with Crippen molar-refractivity contribution in [2.45, 2.75) is 70.0 Å². The maximum atomic E-state index is 13.6. The Labute approximate surface area is 345 Å². The van der Waals surface area contributed by atoms with Crippen LogP contribution in [0, 0.1) is 6.92 Å². The SMILES string of the molecule is C=CC(=O)N1CCN(c2ccc(CCC(=O)NCCCCCCNC(=O)c3cccc(-c4nc(NC(=O)C5(c6ccc7c(c6)OC(F)(F)O7)CC5)ccc4C)c3)o2)C(=O)C1. The van der Waals surface area contributed by atoms with Gasteiger partial charge in [-0.15, -0.1) is 8.78 Å². The minimum absolute atomic E-state index is 0.0410. The fourth-order valence-electron chi connectivity index (χ4n) is 7.28. The second-order valence-corrected chi connectivity index (χ2v) is 15.1. The minimum Gasteiger partial charge on any atom is -0.445 e. The molecule has 1 saturated heterocycles. The molecule has 0 radical (unpaired) electrons. The predicted molar refractivity (Wildman–Crippen MR) is 217 cm³/mol. The lowest BCUT2D eigenvalue weighted by Gasteiger charge is -2.32. The molecule has 4 aromatic rings. The number of unbranched alkanes of at least 4 members (excludes halogenated alkanes) is 3. The zero-order valence-corrected chi connectivity index (χ0v) is 33.2. The maximum absolute atomic E-state index is 13.6. The first-order valence-corrected chi connectivity index (χ1v) is 20.0. The molecule has 3 N–H and O–H groups in total. The average Bonchev–Trinajstić information content (AvgIpc) is 3.81. The lowest BCUT2D eigenvalue weighted by Crippen LogP contribution is -2.52. The van der Waals surface area contributed by atoms with Crippen molar-refractivity contribution in [3.8, 4) is 22.8 Å². The van der Waals surface area contributed by atoms with Crippen molar-refractivity contribution in [1.82, 2.24) is 20.5 Å². The highest BCUT2D eigenvalue weighted by Crippen LogP contribution is 2.52. The molecule has 2 aromatic heterocycles. The molecule has 7 rings (SSSR count). The smallest absolute Gasteiger partial charge is 0.445 e. The summed E-state index contributed by atoms with van der Waals surface area (Å²) in [6, 6.07) is 18.5. The monoisotopic (exact) mass is 824 g/mol. The molecule has 2 fully saturated rings. The van der Waals surface area contributed by atoms with Crippen molar-refractivity contribution >= 4 is 41.2 Å². The first kappa shape index (κ1) is 41.6. The van der Waals surface area contributed by atoms with Gasteiger partial charge in [-0.25, -0.2) is 4.98 Å². The third-order valence-electron chi connectivity index (χ3n) is 10.8. The Morgan fingerprint density at radius 3 is 2.42 bits per heavy atom. The third kappa shape index (κ3) is 9.64. The number of benzene rings is 2. The molecular formula is C44H46F2N6O8. The molecule has 0 atom stereocenters. The van der Waals surface area contributed by atoms with Gasteiger partial charge >= 0.3 is 6.29 Å². The van der Waals surface area contributed by atoms with E-state index in [0.717, 1.165) is 31.2 Å². The standard InChI is InChI=1S/C44H46F2N6O8/c1-3-37(54)51-23-24-52(38(55)27-51)39-18-14-32(58-39)13-17-36(53)47-21-6-4-5-7-22-48-41(56)30-10-8-9-29(25-30)40-28(2)11-16-35(49-40)50-42(57)43(19-20-43)31-12-15-33-34(26-31)60-44(45,46)59-33/h3,8-12,14-16,18,25-26H,1,4-7,13,17,19-24,27H2,2H3,(H,47,53)(H,48,56)(H,49,50,57). The number of carbonyl (C=O) groups excluding carboxylic acids is 5. The van der Waals surface area contributed by atoms with Crippen LogP contribution in [0.25, 0.3) is 11.3 Å². The molecule has 5 amide bonds. The molecule has 0 unspecified atom stereocenters. The second-order valence-electron chi connectivity index (χ2n) is 15.1. The van der Waals surface area contributed by atoms with Crippen molar-refractivity contribution in [3.05, 3.63) is 102 Å². The number of hydrogen-bond donors (Lipinski definition) is 3. The summed E-state index contributed by atoms with van der Waals surface area (Å²) in [5.41, 5.74) is 2.27. The van der Waals surface area contributed by atoms with Crippen molar-refractivity contribution in [2.75, 3.05) is 42.9 Å². The highest BCUT2D eigenvalue weighted by atomic mass is 19.3. The third-order valence-corrected chi connectivity index (χ3v) is 10.8. The van der Waals surface area contributed by atoms with Gasteiger partial charge in [-0.1, -0.05) is 43.7 Å². The van der Waals surface area contributed by atoms with Crippen LogP contribution in [0.5, 0.6) is 11.5 Å². The zero-order valence-electron chi connectivity index (χ0n) is 33.2. The van der Waals surface area contributed by atoms with Crippen molar-refractivity contribution in [3.63, 3.8) is 0 Å². The molecular weight excluding hydrogens is 779 g/mol. The van der Waals surface area contributed by atoms with Crippen LogP contribution < -0.4 is 30.3 Å². The molecule has 0 spiro atoms. The number of halogens is 2. The van der Waals surface area contributed by atoms with Gasteiger partial charge in [0.05, 0.1) is 11.1 Å². The average molecular weight is 825 g/mol. The van der Waals surface area contributed by atoms with Gasteiger partial charge in [0.2, 0.25) is 29.5 Å². The number of aromatic nitrogens is 1. The quantitative estimate of drug-likeness (QED) is 0.0848. The fourth-order valence-corrected chi connectivity index (χ4v) is 7.28. The Morgan fingerprint density at radius 2 is 1.67 bits per heavy atom. The highest BCUT2D eigenvalue weighted by molar-refractivity contribution is 6.01. The molecule has 1 aliphatic carbocycles. The fraction of sp³-hybridized carbons (Fsp3) is 0.364. The Kier molecular flexibility index (Phi) is 12.3. The number of fused-ring (bicyclic) bond motifs is 1. The summed E-state index contributed by atoms with van der Waals surface area (Å²) < 4.78 is 42.0. The van der Waals surface area contributed by atoms with Crippen molar-refractivity contribution in [2.24, 2.45) is 0 Å². The maximum Gasteiger partial charge on any atom is 0.586 e. The molecule has 60 heavy (non-hydrogen) atoms. The number of rotatable bonds is 17. The van der Waals surface area contributed by atoms with Crippen LogP contribution in [0.15, 0.2) is 83.8 Å². The number of furan rings is 1. The van der Waals surface area contributed by atoms with Crippen LogP contribution in [0.4, 0.5) is 20.5 Å². The van der Waals surface area contributed by atoms with E-state index in [1.165, 1.54) is 28.0 Å². The molecule has 14 nitrogen and oxygen atoms in total. The van der Waals surface area contributed by atoms with Gasteiger partial charge in [-0.2, -0.15) is 0 Å². The second kappa shape index (κ2) is 17.7. The Bertz CT molecular complexity index is 2310. The van der Waals surface area contributed by atoms with E-state index >= 15 is 0 Å². The molecule has 0 bridgehead atoms. The molecule has 314 valence electrons. The van der Waals surface area contributed by atoms with Gasteiger partial charge in [-0.3, -0.25) is 28.9 Å². The van der Waals surface area contributed by atoms with E-state index in [0.29, 0.717) is 85.3 Å². The summed E-state index contributed by atoms with van der Waals surface area (Å²) >= 11 is 0. The predicted octanol–water partition coefficient (Wildman–Crippen LogP) is 6.04. The van der Waals surface area contributed by atoms with E-state index in [1.54, 1.807) is 42.5 Å². The first-order valence-electron chi connectivity index (χ1n) is 20.0. The first-order chi connectivity index (χ1) is 28.8. The number of amides is 5. The van der Waals surface area contributed by atoms with Gasteiger partial charge in [0.15, 0.2) is 11.5 Å². The number of alkyl halides is 2. The number of aryl methyl sites for hydroxylation is 2. The van der Waals surface area contributed by atoms with Crippen LogP contribution in [0.2, 0.25) is 0 Å². The molecule has 4 heterocycles. The molecule has 1 saturated carbocycles. The van der Waals surface area contributed by atoms with Crippen LogP contribution >= 0.6 is 0 Å². The summed E-state index contributed by atoms with van der Waals surface area (Å²) in [5.74, 6) is -0.0365. The Balaban J connectivity index is 0.801. The molecule has 3 aliphatic rings. The van der Waals surface area contributed by atoms with Crippen LogP contribution in [0.3, 0.4) is 0 Å². The van der Waals surface area contributed by atoms with E-state index < -0.39 is 11.7 Å². The zero-order chi connectivity index (χ0) is 42.4. The van der Waals surface area contributed by atoms with Gasteiger partial charge in [-0.05, 0) is 86.2 Å². The summed E-state index contributed by atoms with van der Waals surface area (Å²) in [7, 11) is 0. The number of anilines is 2. The Morgan fingerprint density at radius 1 is 0.900 bits per heavy atom. The number of piperazine rings is 1. The van der Waals surface area contributed by atoms with E-state index in [1.807, 2.05) is 19.1 Å². The van der Waals surface area contributed by atoms with E-state index in [9.17, 15) is 32.8 Å². The highest BCUT2D eigenvalue weighted by Gasteiger charge is 2.53. The molecule has 2 aromatic carbocycles. The number of ether oxygens (including phenoxy) is 2. The Hall–Kier alpha value is -6.58. The largest absolute Gasteiger partial charge is 0.586 e. The van der Waals surface area contributed by atoms with E-state index in [4.69, 9.17) is 9.40 Å². The van der Waals surface area contributed by atoms with E-state index in [-0.39, 0.29) is 54.0 Å². The summed E-state index contributed by atoms with van der Waals surface area (Å²) in [6.07, 6.45) is 2.45. The van der Waals surface area contributed by atoms with Gasteiger partial charge in [0.25, 0.3) is 5.91 Å². The van der Waals surface area contributed by atoms with Gasteiger partial charge in [0.1, 0.15) is 18.1 Å². The summed E-state index contributed by atoms with van der Waals surface area (Å²) in [5, 5.41) is 8.79.